The number of anilines is 1. The minimum absolute atomic E-state index is 0.0195. The van der Waals surface area contributed by atoms with E-state index >= 15 is 0 Å². The van der Waals surface area contributed by atoms with Crippen LogP contribution in [0.15, 0.2) is 28.8 Å². The molecular formula is C14H20N4OS. The van der Waals surface area contributed by atoms with Crippen LogP contribution in [-0.2, 0) is 5.54 Å². The van der Waals surface area contributed by atoms with Crippen LogP contribution in [-0.4, -0.2) is 14.5 Å². The van der Waals surface area contributed by atoms with Gasteiger partial charge in [-0.2, -0.15) is 0 Å². The molecule has 1 N–H and O–H groups in total. The molecular weight excluding hydrogens is 272 g/mol. The Kier molecular flexibility index (Phi) is 4.23. The molecule has 0 aliphatic heterocycles. The van der Waals surface area contributed by atoms with E-state index < -0.39 is 0 Å². The predicted molar refractivity (Wildman–Crippen MR) is 82.3 cm³/mol. The number of thiazole rings is 1. The fourth-order valence-corrected chi connectivity index (χ4v) is 2.72. The second-order valence-corrected chi connectivity index (χ2v) is 6.52. The highest BCUT2D eigenvalue weighted by atomic mass is 32.1. The molecule has 0 saturated carbocycles. The summed E-state index contributed by atoms with van der Waals surface area (Å²) in [5.74, 6) is 0.379. The van der Waals surface area contributed by atoms with Crippen LogP contribution >= 0.6 is 11.3 Å². The quantitative estimate of drug-likeness (QED) is 0.941. The summed E-state index contributed by atoms with van der Waals surface area (Å²) in [7, 11) is 0. The van der Waals surface area contributed by atoms with Gasteiger partial charge in [-0.05, 0) is 27.2 Å². The van der Waals surface area contributed by atoms with Gasteiger partial charge in [0, 0.05) is 29.5 Å². The van der Waals surface area contributed by atoms with Gasteiger partial charge in [0.05, 0.1) is 6.04 Å². The number of hydrogen-bond acceptors (Lipinski definition) is 5. The lowest BCUT2D eigenvalue weighted by Crippen LogP contribution is -2.35. The van der Waals surface area contributed by atoms with Crippen molar-refractivity contribution in [1.29, 1.82) is 0 Å². The van der Waals surface area contributed by atoms with Gasteiger partial charge in [0.1, 0.15) is 5.01 Å². The number of nitrogens with one attached hydrogen (secondary N) is 1. The van der Waals surface area contributed by atoms with Crippen molar-refractivity contribution in [2.45, 2.75) is 45.7 Å². The molecule has 108 valence electrons. The van der Waals surface area contributed by atoms with Gasteiger partial charge in [0.15, 0.2) is 5.82 Å². The van der Waals surface area contributed by atoms with Crippen LogP contribution in [0.5, 0.6) is 0 Å². The molecule has 2 aromatic heterocycles. The van der Waals surface area contributed by atoms with Crippen LogP contribution in [0.3, 0.4) is 0 Å². The zero-order chi connectivity index (χ0) is 14.8. The monoisotopic (exact) mass is 292 g/mol. The highest BCUT2D eigenvalue weighted by Gasteiger charge is 2.19. The Labute approximate surface area is 122 Å². The van der Waals surface area contributed by atoms with E-state index in [0.29, 0.717) is 5.82 Å². The minimum Gasteiger partial charge on any atom is -0.356 e. The molecule has 0 spiro atoms. The van der Waals surface area contributed by atoms with E-state index in [2.05, 4.69) is 22.2 Å². The van der Waals surface area contributed by atoms with Crippen LogP contribution in [0.4, 0.5) is 5.82 Å². The Morgan fingerprint density at radius 2 is 2.10 bits per heavy atom. The summed E-state index contributed by atoms with van der Waals surface area (Å²) in [6, 6.07) is 0.0195. The number of nitrogens with zero attached hydrogens (tertiary/aromatic N) is 3. The zero-order valence-electron chi connectivity index (χ0n) is 12.3. The van der Waals surface area contributed by atoms with Crippen molar-refractivity contribution in [3.8, 4) is 0 Å². The van der Waals surface area contributed by atoms with Crippen molar-refractivity contribution >= 4 is 17.2 Å². The molecule has 1 atom stereocenters. The Morgan fingerprint density at radius 1 is 1.35 bits per heavy atom. The second-order valence-electron chi connectivity index (χ2n) is 5.60. The van der Waals surface area contributed by atoms with Crippen LogP contribution in [0.1, 0.15) is 45.2 Å². The molecule has 0 aliphatic rings. The molecule has 0 aliphatic carbocycles. The van der Waals surface area contributed by atoms with E-state index in [-0.39, 0.29) is 17.1 Å². The van der Waals surface area contributed by atoms with Crippen molar-refractivity contribution in [2.24, 2.45) is 0 Å². The third-order valence-electron chi connectivity index (χ3n) is 3.03. The van der Waals surface area contributed by atoms with Gasteiger partial charge >= 0.3 is 0 Å². The summed E-state index contributed by atoms with van der Waals surface area (Å²) in [6.45, 7) is 8.05. The van der Waals surface area contributed by atoms with Crippen LogP contribution in [0.25, 0.3) is 0 Å². The molecule has 0 amide bonds. The molecule has 1 unspecified atom stereocenters. The lowest BCUT2D eigenvalue weighted by Gasteiger charge is -2.23. The highest BCUT2D eigenvalue weighted by Crippen LogP contribution is 2.22. The fraction of sp³-hybridized carbons (Fsp3) is 0.500. The molecule has 2 heterocycles. The first-order valence-electron chi connectivity index (χ1n) is 6.67. The highest BCUT2D eigenvalue weighted by molar-refractivity contribution is 7.09. The van der Waals surface area contributed by atoms with E-state index in [1.54, 1.807) is 34.5 Å². The summed E-state index contributed by atoms with van der Waals surface area (Å²) in [5, 5.41) is 6.12. The zero-order valence-corrected chi connectivity index (χ0v) is 13.1. The summed E-state index contributed by atoms with van der Waals surface area (Å²) < 4.78 is 1.69. The Bertz CT molecular complexity index is 613. The topological polar surface area (TPSA) is 59.8 Å². The van der Waals surface area contributed by atoms with Crippen molar-refractivity contribution in [1.82, 2.24) is 14.5 Å². The third-order valence-corrected chi connectivity index (χ3v) is 3.92. The van der Waals surface area contributed by atoms with E-state index in [1.165, 1.54) is 0 Å². The van der Waals surface area contributed by atoms with Gasteiger partial charge in [0.2, 0.25) is 0 Å². The molecule has 20 heavy (non-hydrogen) atoms. The summed E-state index contributed by atoms with van der Waals surface area (Å²) >= 11 is 1.58. The molecule has 5 nitrogen and oxygen atoms in total. The van der Waals surface area contributed by atoms with E-state index in [9.17, 15) is 4.79 Å². The largest absolute Gasteiger partial charge is 0.356 e. The Morgan fingerprint density at radius 3 is 2.65 bits per heavy atom. The molecule has 2 rings (SSSR count). The van der Waals surface area contributed by atoms with Crippen molar-refractivity contribution in [3.63, 3.8) is 0 Å². The molecule has 0 fully saturated rings. The average molecular weight is 292 g/mol. The Hall–Kier alpha value is -1.69. The molecule has 2 aromatic rings. The van der Waals surface area contributed by atoms with Crippen molar-refractivity contribution in [2.75, 3.05) is 5.32 Å². The summed E-state index contributed by atoms with van der Waals surface area (Å²) in [4.78, 5) is 20.9. The van der Waals surface area contributed by atoms with Crippen molar-refractivity contribution < 1.29 is 0 Å². The Balaban J connectivity index is 2.32. The maximum atomic E-state index is 12.5. The van der Waals surface area contributed by atoms with Gasteiger partial charge < -0.3 is 9.88 Å². The second kappa shape index (κ2) is 5.75. The van der Waals surface area contributed by atoms with Crippen LogP contribution in [0, 0.1) is 0 Å². The molecule has 0 aromatic carbocycles. The van der Waals surface area contributed by atoms with E-state index in [4.69, 9.17) is 0 Å². The van der Waals surface area contributed by atoms with E-state index in [0.717, 1.165) is 11.4 Å². The summed E-state index contributed by atoms with van der Waals surface area (Å²) in [6.07, 6.45) is 6.00. The minimum atomic E-state index is -0.265. The van der Waals surface area contributed by atoms with Crippen molar-refractivity contribution in [3.05, 3.63) is 39.3 Å². The molecule has 0 bridgehead atoms. The number of aromatic nitrogens is 3. The molecule has 0 radical (unpaired) electrons. The maximum Gasteiger partial charge on any atom is 0.293 e. The predicted octanol–water partition coefficient (Wildman–Crippen LogP) is 3.02. The average Bonchev–Trinajstić information content (AvgIpc) is 2.90. The number of rotatable bonds is 4. The van der Waals surface area contributed by atoms with Gasteiger partial charge in [0.25, 0.3) is 5.56 Å². The standard InChI is InChI=1S/C14H20N4OS/c1-5-10(12-16-7-9-20-12)17-11-13(19)18(8-6-15-11)14(2,3)4/h6-10H,5H2,1-4H3,(H,15,17). The summed E-state index contributed by atoms with van der Waals surface area (Å²) in [5.41, 5.74) is -0.366. The van der Waals surface area contributed by atoms with Gasteiger partial charge in [-0.25, -0.2) is 9.97 Å². The first kappa shape index (κ1) is 14.7. The normalized spacial score (nSPS) is 13.2. The molecule has 6 heteroatoms. The van der Waals surface area contributed by atoms with Gasteiger partial charge in [-0.3, -0.25) is 4.79 Å². The SMILES string of the molecule is CCC(Nc1nccn(C(C)(C)C)c1=O)c1nccs1. The van der Waals surface area contributed by atoms with Crippen LogP contribution < -0.4 is 10.9 Å². The first-order chi connectivity index (χ1) is 9.43. The molecule has 0 saturated heterocycles. The van der Waals surface area contributed by atoms with E-state index in [1.807, 2.05) is 26.2 Å². The van der Waals surface area contributed by atoms with Gasteiger partial charge in [-0.1, -0.05) is 6.92 Å². The maximum absolute atomic E-state index is 12.5. The lowest BCUT2D eigenvalue weighted by atomic mass is 10.1. The third kappa shape index (κ3) is 3.07. The lowest BCUT2D eigenvalue weighted by molar-refractivity contribution is 0.383. The smallest absolute Gasteiger partial charge is 0.293 e. The first-order valence-corrected chi connectivity index (χ1v) is 7.55. The van der Waals surface area contributed by atoms with Gasteiger partial charge in [-0.15, -0.1) is 11.3 Å². The fourth-order valence-electron chi connectivity index (χ4n) is 1.95. The van der Waals surface area contributed by atoms with Crippen LogP contribution in [0.2, 0.25) is 0 Å². The number of hydrogen-bond donors (Lipinski definition) is 1.